The second kappa shape index (κ2) is 8.58. The van der Waals surface area contributed by atoms with E-state index in [0.29, 0.717) is 48.6 Å². The molecule has 33 heavy (non-hydrogen) atoms. The summed E-state index contributed by atoms with van der Waals surface area (Å²) in [5.41, 5.74) is 2.61. The van der Waals surface area contributed by atoms with Gasteiger partial charge in [0.25, 0.3) is 11.8 Å². The molecular formula is C26H25N3O4. The van der Waals surface area contributed by atoms with Crippen LogP contribution in [0.3, 0.4) is 0 Å². The van der Waals surface area contributed by atoms with Crippen molar-refractivity contribution in [3.05, 3.63) is 88.9 Å². The van der Waals surface area contributed by atoms with Crippen LogP contribution in [-0.2, 0) is 17.9 Å². The molecule has 2 aliphatic rings. The maximum Gasteiger partial charge on any atom is 0.256 e. The van der Waals surface area contributed by atoms with Gasteiger partial charge in [-0.1, -0.05) is 24.3 Å². The largest absolute Gasteiger partial charge is 0.465 e. The SMILES string of the molecule is Cc1ccc(CNC(=O)c2ccc(CN3C(=O)[C@@H]4CCCN4C(=O)c4ccccc43)cc2)o1. The van der Waals surface area contributed by atoms with Crippen molar-refractivity contribution in [2.45, 2.75) is 38.9 Å². The van der Waals surface area contributed by atoms with Gasteiger partial charge in [0.2, 0.25) is 5.91 Å². The minimum absolute atomic E-state index is 0.0543. The number of carbonyl (C=O) groups is 3. The van der Waals surface area contributed by atoms with Crippen molar-refractivity contribution >= 4 is 23.4 Å². The first-order valence-corrected chi connectivity index (χ1v) is 11.1. The summed E-state index contributed by atoms with van der Waals surface area (Å²) in [5.74, 6) is 1.17. The standard InChI is InChI=1S/C26H25N3O4/c1-17-8-13-20(33-17)15-27-24(30)19-11-9-18(10-12-19)16-29-22-6-3-2-5-21(22)25(31)28-14-4-7-23(28)26(29)32/h2-3,5-6,8-13,23H,4,7,14-16H2,1H3,(H,27,30)/t23-/m0/s1. The summed E-state index contributed by atoms with van der Waals surface area (Å²) in [6.07, 6.45) is 1.52. The van der Waals surface area contributed by atoms with Gasteiger partial charge in [-0.05, 0) is 61.7 Å². The molecule has 1 aromatic heterocycles. The van der Waals surface area contributed by atoms with Gasteiger partial charge >= 0.3 is 0 Å². The quantitative estimate of drug-likeness (QED) is 0.652. The molecule has 0 saturated carbocycles. The van der Waals surface area contributed by atoms with Gasteiger partial charge in [0, 0.05) is 12.1 Å². The number of anilines is 1. The molecule has 1 atom stereocenters. The summed E-state index contributed by atoms with van der Waals surface area (Å²) < 4.78 is 5.48. The number of aryl methyl sites for hydroxylation is 1. The third-order valence-electron chi connectivity index (χ3n) is 6.27. The third kappa shape index (κ3) is 4.02. The number of rotatable bonds is 5. The van der Waals surface area contributed by atoms with E-state index in [0.717, 1.165) is 17.7 Å². The highest BCUT2D eigenvalue weighted by molar-refractivity contribution is 6.11. The van der Waals surface area contributed by atoms with Crippen LogP contribution in [0.25, 0.3) is 0 Å². The minimum atomic E-state index is -0.416. The Labute approximate surface area is 192 Å². The van der Waals surface area contributed by atoms with E-state index in [9.17, 15) is 14.4 Å². The van der Waals surface area contributed by atoms with Crippen molar-refractivity contribution in [3.63, 3.8) is 0 Å². The van der Waals surface area contributed by atoms with Gasteiger partial charge in [-0.2, -0.15) is 0 Å². The predicted molar refractivity (Wildman–Crippen MR) is 123 cm³/mol. The average Bonchev–Trinajstić information content (AvgIpc) is 3.48. The van der Waals surface area contributed by atoms with Gasteiger partial charge < -0.3 is 19.5 Å². The molecule has 2 aromatic carbocycles. The second-order valence-electron chi connectivity index (χ2n) is 8.49. The van der Waals surface area contributed by atoms with Crippen LogP contribution in [0.15, 0.2) is 65.1 Å². The molecule has 2 aliphatic heterocycles. The molecular weight excluding hydrogens is 418 g/mol. The van der Waals surface area contributed by atoms with E-state index in [2.05, 4.69) is 5.32 Å². The second-order valence-corrected chi connectivity index (χ2v) is 8.49. The normalized spacial score (nSPS) is 17.5. The Kier molecular flexibility index (Phi) is 5.46. The van der Waals surface area contributed by atoms with Gasteiger partial charge in [0.1, 0.15) is 17.6 Å². The van der Waals surface area contributed by atoms with E-state index in [1.54, 1.807) is 28.0 Å². The molecule has 0 spiro atoms. The summed E-state index contributed by atoms with van der Waals surface area (Å²) in [6.45, 7) is 3.12. The van der Waals surface area contributed by atoms with Crippen molar-refractivity contribution in [2.75, 3.05) is 11.4 Å². The van der Waals surface area contributed by atoms with Gasteiger partial charge in [-0.15, -0.1) is 0 Å². The fourth-order valence-corrected chi connectivity index (χ4v) is 4.57. The number of furan rings is 1. The van der Waals surface area contributed by atoms with Crippen molar-refractivity contribution < 1.29 is 18.8 Å². The Balaban J connectivity index is 1.34. The average molecular weight is 444 g/mol. The van der Waals surface area contributed by atoms with E-state index in [1.807, 2.05) is 49.4 Å². The number of hydrogen-bond acceptors (Lipinski definition) is 4. The number of benzene rings is 2. The van der Waals surface area contributed by atoms with Crippen molar-refractivity contribution in [2.24, 2.45) is 0 Å². The number of nitrogens with one attached hydrogen (secondary N) is 1. The Hall–Kier alpha value is -3.87. The topological polar surface area (TPSA) is 82.9 Å². The summed E-state index contributed by atoms with van der Waals surface area (Å²) in [6, 6.07) is 17.8. The van der Waals surface area contributed by atoms with E-state index < -0.39 is 6.04 Å². The molecule has 0 unspecified atom stereocenters. The fraction of sp³-hybridized carbons (Fsp3) is 0.269. The van der Waals surface area contributed by atoms with Crippen LogP contribution < -0.4 is 10.2 Å². The van der Waals surface area contributed by atoms with E-state index in [-0.39, 0.29) is 17.7 Å². The van der Waals surface area contributed by atoms with Crippen LogP contribution in [0.2, 0.25) is 0 Å². The van der Waals surface area contributed by atoms with Crippen LogP contribution in [0, 0.1) is 6.92 Å². The lowest BCUT2D eigenvalue weighted by molar-refractivity contribution is -0.122. The lowest BCUT2D eigenvalue weighted by atomic mass is 10.1. The van der Waals surface area contributed by atoms with Crippen molar-refractivity contribution in [3.8, 4) is 0 Å². The molecule has 0 radical (unpaired) electrons. The molecule has 5 rings (SSSR count). The first-order valence-electron chi connectivity index (χ1n) is 11.1. The molecule has 1 N–H and O–H groups in total. The molecule has 3 aromatic rings. The highest BCUT2D eigenvalue weighted by Crippen LogP contribution is 2.33. The van der Waals surface area contributed by atoms with Gasteiger partial charge in [-0.3, -0.25) is 14.4 Å². The summed E-state index contributed by atoms with van der Waals surface area (Å²) in [7, 11) is 0. The Morgan fingerprint density at radius 2 is 1.85 bits per heavy atom. The first-order chi connectivity index (χ1) is 16.0. The molecule has 3 heterocycles. The Morgan fingerprint density at radius 3 is 2.61 bits per heavy atom. The zero-order chi connectivity index (χ0) is 22.9. The van der Waals surface area contributed by atoms with Crippen LogP contribution in [0.4, 0.5) is 5.69 Å². The van der Waals surface area contributed by atoms with Crippen LogP contribution >= 0.6 is 0 Å². The molecule has 7 nitrogen and oxygen atoms in total. The van der Waals surface area contributed by atoms with Gasteiger partial charge in [0.15, 0.2) is 0 Å². The smallest absolute Gasteiger partial charge is 0.256 e. The molecule has 168 valence electrons. The maximum atomic E-state index is 13.4. The Bertz CT molecular complexity index is 1210. The summed E-state index contributed by atoms with van der Waals surface area (Å²) in [5, 5.41) is 2.85. The van der Waals surface area contributed by atoms with E-state index in [1.165, 1.54) is 0 Å². The fourth-order valence-electron chi connectivity index (χ4n) is 4.57. The predicted octanol–water partition coefficient (Wildman–Crippen LogP) is 3.67. The monoisotopic (exact) mass is 443 g/mol. The Morgan fingerprint density at radius 1 is 1.06 bits per heavy atom. The summed E-state index contributed by atoms with van der Waals surface area (Å²) in [4.78, 5) is 42.3. The minimum Gasteiger partial charge on any atom is -0.465 e. The van der Waals surface area contributed by atoms with Crippen LogP contribution in [0.5, 0.6) is 0 Å². The molecule has 0 bridgehead atoms. The van der Waals surface area contributed by atoms with E-state index >= 15 is 0 Å². The number of hydrogen-bond donors (Lipinski definition) is 1. The molecule has 3 amide bonds. The summed E-state index contributed by atoms with van der Waals surface area (Å²) >= 11 is 0. The number of carbonyl (C=O) groups excluding carboxylic acids is 3. The van der Waals surface area contributed by atoms with Crippen molar-refractivity contribution in [1.82, 2.24) is 10.2 Å². The van der Waals surface area contributed by atoms with Crippen molar-refractivity contribution in [1.29, 1.82) is 0 Å². The molecule has 1 fully saturated rings. The number of nitrogens with zero attached hydrogens (tertiary/aromatic N) is 2. The van der Waals surface area contributed by atoms with Gasteiger partial charge in [0.05, 0.1) is 24.3 Å². The van der Waals surface area contributed by atoms with Crippen LogP contribution in [0.1, 0.15) is 50.6 Å². The zero-order valence-electron chi connectivity index (χ0n) is 18.4. The van der Waals surface area contributed by atoms with Crippen LogP contribution in [-0.4, -0.2) is 35.2 Å². The first kappa shape index (κ1) is 21.0. The maximum absolute atomic E-state index is 13.4. The van der Waals surface area contributed by atoms with Gasteiger partial charge in [-0.25, -0.2) is 0 Å². The number of amides is 3. The highest BCUT2D eigenvalue weighted by Gasteiger charge is 2.41. The van der Waals surface area contributed by atoms with E-state index in [4.69, 9.17) is 4.42 Å². The highest BCUT2D eigenvalue weighted by atomic mass is 16.3. The number of fused-ring (bicyclic) bond motifs is 2. The number of para-hydroxylation sites is 1. The molecule has 1 saturated heterocycles. The third-order valence-corrected chi connectivity index (χ3v) is 6.27. The lowest BCUT2D eigenvalue weighted by Gasteiger charge is -2.26. The zero-order valence-corrected chi connectivity index (χ0v) is 18.4. The molecule has 0 aliphatic carbocycles. The lowest BCUT2D eigenvalue weighted by Crippen LogP contribution is -2.44. The molecule has 7 heteroatoms.